The van der Waals surface area contributed by atoms with Gasteiger partial charge in [-0.2, -0.15) is 4.99 Å². The second kappa shape index (κ2) is 11.4. The first kappa shape index (κ1) is 24.8. The molecule has 0 radical (unpaired) electrons. The highest BCUT2D eigenvalue weighted by molar-refractivity contribution is 7.89. The van der Waals surface area contributed by atoms with E-state index in [0.717, 1.165) is 11.1 Å². The number of aryl methyl sites for hydroxylation is 1. The van der Waals surface area contributed by atoms with Gasteiger partial charge in [-0.1, -0.05) is 47.5 Å². The summed E-state index contributed by atoms with van der Waals surface area (Å²) in [4.78, 5) is 28.6. The Bertz CT molecular complexity index is 1300. The Labute approximate surface area is 200 Å². The van der Waals surface area contributed by atoms with Crippen LogP contribution in [0.4, 0.5) is 0 Å². The summed E-state index contributed by atoms with van der Waals surface area (Å²) in [6.45, 7) is 1.61. The summed E-state index contributed by atoms with van der Waals surface area (Å²) in [6, 6.07) is 13.7. The highest BCUT2D eigenvalue weighted by atomic mass is 35.5. The number of nitrogens with zero attached hydrogens (tertiary/aromatic N) is 2. The standard InChI is InChI=1S/C22H22ClN3O5S2/c1-16-6-8-18(9-7-16)33(29,30)24-11-10-21(28)31-15-20(27)25-22-26(12-13-32-22)14-17-4-2-3-5-19(17)23/h2-9,12-13,24H,10-11,14-15H2,1H3. The number of thiazole rings is 1. The molecule has 0 aliphatic carbocycles. The van der Waals surface area contributed by atoms with Crippen molar-refractivity contribution in [2.45, 2.75) is 24.8 Å². The van der Waals surface area contributed by atoms with Gasteiger partial charge in [-0.15, -0.1) is 11.3 Å². The maximum Gasteiger partial charge on any atom is 0.307 e. The minimum atomic E-state index is -3.73. The van der Waals surface area contributed by atoms with Crippen LogP contribution in [0.5, 0.6) is 0 Å². The van der Waals surface area contributed by atoms with E-state index in [1.54, 1.807) is 34.3 Å². The summed E-state index contributed by atoms with van der Waals surface area (Å²) in [5.41, 5.74) is 1.82. The molecule has 11 heteroatoms. The highest BCUT2D eigenvalue weighted by Crippen LogP contribution is 2.15. The van der Waals surface area contributed by atoms with E-state index >= 15 is 0 Å². The number of esters is 1. The zero-order chi connectivity index (χ0) is 23.8. The molecule has 0 saturated heterocycles. The third-order valence-corrected chi connectivity index (χ3v) is 7.13. The number of carbonyl (C=O) groups excluding carboxylic acids is 2. The molecule has 33 heavy (non-hydrogen) atoms. The van der Waals surface area contributed by atoms with Gasteiger partial charge in [0.05, 0.1) is 17.9 Å². The Morgan fingerprint density at radius 3 is 2.61 bits per heavy atom. The number of amides is 1. The smallest absolute Gasteiger partial charge is 0.307 e. The molecule has 0 fully saturated rings. The lowest BCUT2D eigenvalue weighted by atomic mass is 10.2. The first-order valence-corrected chi connectivity index (χ1v) is 12.7. The van der Waals surface area contributed by atoms with Gasteiger partial charge in [-0.05, 0) is 30.7 Å². The molecule has 1 N–H and O–H groups in total. The molecule has 1 amide bonds. The minimum Gasteiger partial charge on any atom is -0.455 e. The molecular weight excluding hydrogens is 486 g/mol. The summed E-state index contributed by atoms with van der Waals surface area (Å²) in [5, 5.41) is 2.40. The molecule has 2 aromatic carbocycles. The number of benzene rings is 2. The van der Waals surface area contributed by atoms with Crippen LogP contribution in [0.15, 0.2) is 70.0 Å². The monoisotopic (exact) mass is 507 g/mol. The summed E-state index contributed by atoms with van der Waals surface area (Å²) in [5.74, 6) is -1.33. The van der Waals surface area contributed by atoms with Gasteiger partial charge in [-0.3, -0.25) is 9.59 Å². The van der Waals surface area contributed by atoms with E-state index in [4.69, 9.17) is 16.3 Å². The van der Waals surface area contributed by atoms with Crippen LogP contribution < -0.4 is 9.52 Å². The molecule has 0 aliphatic rings. The number of halogens is 1. The van der Waals surface area contributed by atoms with Crippen molar-refractivity contribution >= 4 is 44.8 Å². The summed E-state index contributed by atoms with van der Waals surface area (Å²) in [7, 11) is -3.73. The molecule has 0 bridgehead atoms. The number of ether oxygens (including phenoxy) is 1. The first-order valence-electron chi connectivity index (χ1n) is 9.91. The average molecular weight is 508 g/mol. The Kier molecular flexibility index (Phi) is 8.56. The van der Waals surface area contributed by atoms with Crippen LogP contribution in [0.3, 0.4) is 0 Å². The van der Waals surface area contributed by atoms with Crippen molar-refractivity contribution in [2.75, 3.05) is 13.2 Å². The SMILES string of the molecule is Cc1ccc(S(=O)(=O)NCCC(=O)OCC(=O)N=c2sccn2Cc2ccccc2Cl)cc1. The second-order valence-corrected chi connectivity index (χ2v) is 10.1. The molecule has 3 rings (SSSR count). The molecule has 0 aliphatic heterocycles. The highest BCUT2D eigenvalue weighted by Gasteiger charge is 2.15. The lowest BCUT2D eigenvalue weighted by molar-refractivity contribution is -0.147. The lowest BCUT2D eigenvalue weighted by Gasteiger charge is -2.07. The molecule has 174 valence electrons. The normalized spacial score (nSPS) is 12.0. The van der Waals surface area contributed by atoms with Crippen molar-refractivity contribution in [2.24, 2.45) is 4.99 Å². The molecular formula is C22H22ClN3O5S2. The Morgan fingerprint density at radius 1 is 1.15 bits per heavy atom. The number of rotatable bonds is 9. The quantitative estimate of drug-likeness (QED) is 0.448. The van der Waals surface area contributed by atoms with Crippen molar-refractivity contribution in [3.8, 4) is 0 Å². The topological polar surface area (TPSA) is 107 Å². The van der Waals surface area contributed by atoms with Crippen molar-refractivity contribution in [1.29, 1.82) is 0 Å². The van der Waals surface area contributed by atoms with E-state index < -0.39 is 28.5 Å². The van der Waals surface area contributed by atoms with Crippen molar-refractivity contribution in [3.63, 3.8) is 0 Å². The third-order valence-electron chi connectivity index (χ3n) is 4.49. The van der Waals surface area contributed by atoms with Gasteiger partial charge in [0, 0.05) is 23.1 Å². The summed E-state index contributed by atoms with van der Waals surface area (Å²) < 4.78 is 33.4. The largest absolute Gasteiger partial charge is 0.455 e. The number of sulfonamides is 1. The fraction of sp³-hybridized carbons (Fsp3) is 0.227. The summed E-state index contributed by atoms with van der Waals surface area (Å²) in [6.07, 6.45) is 1.57. The number of hydrogen-bond acceptors (Lipinski definition) is 6. The second-order valence-electron chi connectivity index (χ2n) is 7.03. The predicted octanol–water partition coefficient (Wildman–Crippen LogP) is 2.90. The predicted molar refractivity (Wildman–Crippen MR) is 125 cm³/mol. The van der Waals surface area contributed by atoms with Crippen molar-refractivity contribution in [3.05, 3.63) is 81.1 Å². The van der Waals surface area contributed by atoms with Crippen molar-refractivity contribution < 1.29 is 22.7 Å². The zero-order valence-electron chi connectivity index (χ0n) is 17.7. The van der Waals surface area contributed by atoms with E-state index in [1.165, 1.54) is 23.5 Å². The lowest BCUT2D eigenvalue weighted by Crippen LogP contribution is -2.27. The van der Waals surface area contributed by atoms with E-state index in [2.05, 4.69) is 9.71 Å². The van der Waals surface area contributed by atoms with Gasteiger partial charge in [-0.25, -0.2) is 13.1 Å². The zero-order valence-corrected chi connectivity index (χ0v) is 20.1. The minimum absolute atomic E-state index is 0.108. The van der Waals surface area contributed by atoms with Gasteiger partial charge in [0.25, 0.3) is 5.91 Å². The van der Waals surface area contributed by atoms with Gasteiger partial charge in [0.2, 0.25) is 10.0 Å². The number of nitrogens with one attached hydrogen (secondary N) is 1. The van der Waals surface area contributed by atoms with Crippen LogP contribution in [0.1, 0.15) is 17.5 Å². The maximum atomic E-state index is 12.2. The summed E-state index contributed by atoms with van der Waals surface area (Å²) >= 11 is 7.45. The molecule has 0 atom stereocenters. The Balaban J connectivity index is 1.49. The van der Waals surface area contributed by atoms with E-state index in [9.17, 15) is 18.0 Å². The van der Waals surface area contributed by atoms with Gasteiger partial charge in [0.15, 0.2) is 11.4 Å². The van der Waals surface area contributed by atoms with Crippen LogP contribution in [0, 0.1) is 6.92 Å². The third kappa shape index (κ3) is 7.36. The Hall–Kier alpha value is -2.79. The Morgan fingerprint density at radius 2 is 1.88 bits per heavy atom. The fourth-order valence-electron chi connectivity index (χ4n) is 2.76. The molecule has 0 unspecified atom stereocenters. The van der Waals surface area contributed by atoms with Crippen LogP contribution in [0.2, 0.25) is 5.02 Å². The van der Waals surface area contributed by atoms with E-state index in [0.29, 0.717) is 16.4 Å². The fourth-order valence-corrected chi connectivity index (χ4v) is 4.73. The van der Waals surface area contributed by atoms with Gasteiger partial charge >= 0.3 is 5.97 Å². The molecule has 1 heterocycles. The average Bonchev–Trinajstić information content (AvgIpc) is 3.20. The van der Waals surface area contributed by atoms with Crippen molar-refractivity contribution in [1.82, 2.24) is 9.29 Å². The van der Waals surface area contributed by atoms with Gasteiger partial charge in [0.1, 0.15) is 0 Å². The van der Waals surface area contributed by atoms with Crippen LogP contribution in [-0.4, -0.2) is 38.0 Å². The van der Waals surface area contributed by atoms with E-state index in [1.807, 2.05) is 25.1 Å². The molecule has 0 spiro atoms. The molecule has 3 aromatic rings. The van der Waals surface area contributed by atoms with Crippen LogP contribution in [0.25, 0.3) is 0 Å². The van der Waals surface area contributed by atoms with Gasteiger partial charge < -0.3 is 9.30 Å². The maximum absolute atomic E-state index is 12.2. The first-order chi connectivity index (χ1) is 15.7. The number of carbonyl (C=O) groups is 2. The number of aromatic nitrogens is 1. The molecule has 0 saturated carbocycles. The number of hydrogen-bond donors (Lipinski definition) is 1. The van der Waals surface area contributed by atoms with Crippen LogP contribution in [-0.2, 0) is 30.9 Å². The molecule has 8 nitrogen and oxygen atoms in total. The van der Waals surface area contributed by atoms with Crippen LogP contribution >= 0.6 is 22.9 Å². The van der Waals surface area contributed by atoms with E-state index in [-0.39, 0.29) is 17.9 Å². The molecule has 1 aromatic heterocycles.